The number of rotatable bonds is 7. The van der Waals surface area contributed by atoms with E-state index < -0.39 is 0 Å². The number of nitrogens with one attached hydrogen (secondary N) is 2. The van der Waals surface area contributed by atoms with Gasteiger partial charge in [-0.15, -0.1) is 0 Å². The van der Waals surface area contributed by atoms with E-state index in [0.29, 0.717) is 16.9 Å². The fourth-order valence-corrected chi connectivity index (χ4v) is 2.81. The van der Waals surface area contributed by atoms with E-state index in [1.807, 2.05) is 24.1 Å². The summed E-state index contributed by atoms with van der Waals surface area (Å²) in [6, 6.07) is 14.4. The van der Waals surface area contributed by atoms with Crippen LogP contribution in [-0.4, -0.2) is 35.4 Å². The lowest BCUT2D eigenvalue weighted by Gasteiger charge is -2.18. The highest BCUT2D eigenvalue weighted by Gasteiger charge is 2.10. The Labute approximate surface area is 169 Å². The molecule has 7 nitrogen and oxygen atoms in total. The minimum absolute atomic E-state index is 0.165. The Morgan fingerprint density at radius 1 is 0.966 bits per heavy atom. The topological polar surface area (TPSA) is 87.2 Å². The number of anilines is 3. The fraction of sp³-hybridized carbons (Fsp3) is 0.182. The molecule has 3 aromatic rings. The lowest BCUT2D eigenvalue weighted by molar-refractivity contribution is -0.114. The average molecular weight is 389 g/mol. The number of likely N-dealkylation sites (N-methyl/N-ethyl adjacent to an activating group) is 1. The molecule has 0 aliphatic heterocycles. The van der Waals surface area contributed by atoms with Crippen LogP contribution in [-0.2, 0) is 11.2 Å². The number of hydrogen-bond acceptors (Lipinski definition) is 5. The molecule has 0 aliphatic rings. The summed E-state index contributed by atoms with van der Waals surface area (Å²) >= 11 is 0. The summed E-state index contributed by atoms with van der Waals surface area (Å²) in [5.74, 6) is 0.317. The van der Waals surface area contributed by atoms with Crippen molar-refractivity contribution in [3.63, 3.8) is 0 Å². The van der Waals surface area contributed by atoms with Crippen molar-refractivity contribution in [2.75, 3.05) is 29.1 Å². The molecule has 7 heteroatoms. The van der Waals surface area contributed by atoms with Crippen molar-refractivity contribution in [1.29, 1.82) is 0 Å². The summed E-state index contributed by atoms with van der Waals surface area (Å²) in [4.78, 5) is 34.3. The Morgan fingerprint density at radius 2 is 1.69 bits per heavy atom. The van der Waals surface area contributed by atoms with Gasteiger partial charge in [-0.2, -0.15) is 0 Å². The van der Waals surface area contributed by atoms with Gasteiger partial charge in [0.05, 0.1) is 0 Å². The lowest BCUT2D eigenvalue weighted by Crippen LogP contribution is -2.22. The first-order valence-corrected chi connectivity index (χ1v) is 9.26. The molecule has 0 radical (unpaired) electrons. The van der Waals surface area contributed by atoms with Crippen molar-refractivity contribution in [1.82, 2.24) is 9.97 Å². The van der Waals surface area contributed by atoms with Crippen LogP contribution in [0.3, 0.4) is 0 Å². The molecule has 0 bridgehead atoms. The molecular weight excluding hydrogens is 366 g/mol. The van der Waals surface area contributed by atoms with Crippen molar-refractivity contribution in [2.24, 2.45) is 0 Å². The van der Waals surface area contributed by atoms with Gasteiger partial charge in [-0.1, -0.05) is 6.07 Å². The second kappa shape index (κ2) is 9.45. The predicted octanol–water partition coefficient (Wildman–Crippen LogP) is 3.37. The van der Waals surface area contributed by atoms with Crippen LogP contribution >= 0.6 is 0 Å². The standard InChI is InChI=1S/C22H23N5O2/c1-16(28)25-19-4-3-5-20(15-19)26-22(29)18-8-12-24-21(14-18)27(2)13-9-17-6-10-23-11-7-17/h3-8,10-12,14-15H,9,13H2,1-2H3,(H,25,28)(H,26,29). The molecule has 0 spiro atoms. The van der Waals surface area contributed by atoms with Gasteiger partial charge in [0.25, 0.3) is 5.91 Å². The van der Waals surface area contributed by atoms with Gasteiger partial charge in [-0.05, 0) is 54.4 Å². The third kappa shape index (κ3) is 5.87. The highest BCUT2D eigenvalue weighted by molar-refractivity contribution is 6.05. The van der Waals surface area contributed by atoms with Crippen LogP contribution in [0.4, 0.5) is 17.2 Å². The maximum Gasteiger partial charge on any atom is 0.255 e. The number of carbonyl (C=O) groups is 2. The van der Waals surface area contributed by atoms with Crippen molar-refractivity contribution < 1.29 is 9.59 Å². The number of amides is 2. The zero-order chi connectivity index (χ0) is 20.6. The lowest BCUT2D eigenvalue weighted by atomic mass is 10.2. The van der Waals surface area contributed by atoms with Crippen molar-refractivity contribution in [3.8, 4) is 0 Å². The van der Waals surface area contributed by atoms with Crippen LogP contribution in [0, 0.1) is 0 Å². The Kier molecular flexibility index (Phi) is 6.52. The molecule has 3 rings (SSSR count). The summed E-state index contributed by atoms with van der Waals surface area (Å²) in [6.07, 6.45) is 6.03. The van der Waals surface area contributed by atoms with Crippen molar-refractivity contribution in [3.05, 3.63) is 78.2 Å². The number of carbonyl (C=O) groups excluding carboxylic acids is 2. The molecule has 2 N–H and O–H groups in total. The quantitative estimate of drug-likeness (QED) is 0.647. The number of nitrogens with zero attached hydrogens (tertiary/aromatic N) is 3. The Morgan fingerprint density at radius 3 is 2.41 bits per heavy atom. The highest BCUT2D eigenvalue weighted by Crippen LogP contribution is 2.17. The van der Waals surface area contributed by atoms with E-state index in [2.05, 4.69) is 20.6 Å². The summed E-state index contributed by atoms with van der Waals surface area (Å²) in [5.41, 5.74) is 2.93. The summed E-state index contributed by atoms with van der Waals surface area (Å²) in [6.45, 7) is 2.20. The van der Waals surface area contributed by atoms with Crippen molar-refractivity contribution in [2.45, 2.75) is 13.3 Å². The maximum absolute atomic E-state index is 12.7. The maximum atomic E-state index is 12.7. The third-order valence-electron chi connectivity index (χ3n) is 4.32. The van der Waals surface area contributed by atoms with E-state index >= 15 is 0 Å². The molecule has 2 heterocycles. The number of hydrogen-bond donors (Lipinski definition) is 2. The number of benzene rings is 1. The SMILES string of the molecule is CC(=O)Nc1cccc(NC(=O)c2ccnc(N(C)CCc3ccncc3)c2)c1. The highest BCUT2D eigenvalue weighted by atomic mass is 16.2. The Bertz CT molecular complexity index is 991. The van der Waals surface area contributed by atoms with Crippen LogP contribution < -0.4 is 15.5 Å². The first-order valence-electron chi connectivity index (χ1n) is 9.26. The van der Waals surface area contributed by atoms with Gasteiger partial charge in [0.2, 0.25) is 5.91 Å². The largest absolute Gasteiger partial charge is 0.359 e. The molecule has 1 aromatic carbocycles. The molecule has 0 saturated heterocycles. The minimum Gasteiger partial charge on any atom is -0.359 e. The van der Waals surface area contributed by atoms with Crippen LogP contribution in [0.15, 0.2) is 67.1 Å². The normalized spacial score (nSPS) is 10.3. The second-order valence-electron chi connectivity index (χ2n) is 6.65. The molecular formula is C22H23N5O2. The summed E-state index contributed by atoms with van der Waals surface area (Å²) in [5, 5.41) is 5.55. The van der Waals surface area contributed by atoms with Gasteiger partial charge in [-0.3, -0.25) is 14.6 Å². The smallest absolute Gasteiger partial charge is 0.255 e. The summed E-state index contributed by atoms with van der Waals surface area (Å²) in [7, 11) is 1.95. The van der Waals surface area contributed by atoms with Gasteiger partial charge in [0.1, 0.15) is 5.82 Å². The molecule has 0 atom stereocenters. The predicted molar refractivity (Wildman–Crippen MR) is 114 cm³/mol. The van der Waals surface area contributed by atoms with Crippen LogP contribution in [0.2, 0.25) is 0 Å². The second-order valence-corrected chi connectivity index (χ2v) is 6.65. The number of aromatic nitrogens is 2. The average Bonchev–Trinajstić information content (AvgIpc) is 2.72. The minimum atomic E-state index is -0.240. The van der Waals surface area contributed by atoms with Gasteiger partial charge in [0.15, 0.2) is 0 Å². The third-order valence-corrected chi connectivity index (χ3v) is 4.32. The molecule has 2 amide bonds. The van der Waals surface area contributed by atoms with E-state index in [9.17, 15) is 9.59 Å². The first kappa shape index (κ1) is 20.0. The van der Waals surface area contributed by atoms with Gasteiger partial charge < -0.3 is 15.5 Å². The molecule has 0 aliphatic carbocycles. The summed E-state index contributed by atoms with van der Waals surface area (Å²) < 4.78 is 0. The number of pyridine rings is 2. The molecule has 0 unspecified atom stereocenters. The Balaban J connectivity index is 1.65. The van der Waals surface area contributed by atoms with E-state index in [-0.39, 0.29) is 11.8 Å². The molecule has 0 saturated carbocycles. The molecule has 29 heavy (non-hydrogen) atoms. The van der Waals surface area contributed by atoms with E-state index in [0.717, 1.165) is 18.8 Å². The van der Waals surface area contributed by atoms with Crippen LogP contribution in [0.1, 0.15) is 22.8 Å². The molecule has 0 fully saturated rings. The van der Waals surface area contributed by atoms with Crippen molar-refractivity contribution >= 4 is 29.0 Å². The molecule has 2 aromatic heterocycles. The van der Waals surface area contributed by atoms with Gasteiger partial charge in [-0.25, -0.2) is 4.98 Å². The zero-order valence-corrected chi connectivity index (χ0v) is 16.4. The van der Waals surface area contributed by atoms with Gasteiger partial charge >= 0.3 is 0 Å². The van der Waals surface area contributed by atoms with E-state index in [1.54, 1.807) is 55.0 Å². The fourth-order valence-electron chi connectivity index (χ4n) is 2.81. The van der Waals surface area contributed by atoms with E-state index in [1.165, 1.54) is 12.5 Å². The Hall–Kier alpha value is -3.74. The van der Waals surface area contributed by atoms with Gasteiger partial charge in [0, 0.05) is 56.0 Å². The first-order chi connectivity index (χ1) is 14.0. The monoisotopic (exact) mass is 389 g/mol. The van der Waals surface area contributed by atoms with Crippen LogP contribution in [0.5, 0.6) is 0 Å². The van der Waals surface area contributed by atoms with E-state index in [4.69, 9.17) is 0 Å². The zero-order valence-electron chi connectivity index (χ0n) is 16.4. The van der Waals surface area contributed by atoms with Crippen LogP contribution in [0.25, 0.3) is 0 Å². The molecule has 148 valence electrons.